The van der Waals surface area contributed by atoms with Crippen molar-refractivity contribution >= 4 is 11.8 Å². The molecular weight excluding hydrogens is 242 g/mol. The number of nitrogens with zero attached hydrogens (tertiary/aromatic N) is 3. The van der Waals surface area contributed by atoms with Gasteiger partial charge >= 0.3 is 5.97 Å². The van der Waals surface area contributed by atoms with Crippen LogP contribution in [0.25, 0.3) is 0 Å². The summed E-state index contributed by atoms with van der Waals surface area (Å²) in [6, 6.07) is 1.92. The van der Waals surface area contributed by atoms with Gasteiger partial charge < -0.3 is 10.0 Å². The highest BCUT2D eigenvalue weighted by Crippen LogP contribution is 2.36. The minimum atomic E-state index is -0.800. The highest BCUT2D eigenvalue weighted by Gasteiger charge is 2.46. The van der Waals surface area contributed by atoms with Crippen LogP contribution in [-0.2, 0) is 11.2 Å². The summed E-state index contributed by atoms with van der Waals surface area (Å²) >= 11 is 0. The average molecular weight is 263 g/mol. The zero-order chi connectivity index (χ0) is 14.0. The highest BCUT2D eigenvalue weighted by atomic mass is 16.4. The maximum absolute atomic E-state index is 11.7. The zero-order valence-electron chi connectivity index (χ0n) is 11.8. The Labute approximate surface area is 113 Å². The van der Waals surface area contributed by atoms with E-state index in [1.807, 2.05) is 31.7 Å². The van der Waals surface area contributed by atoms with E-state index in [0.717, 1.165) is 30.9 Å². The predicted octanol–water partition coefficient (Wildman–Crippen LogP) is 2.18. The second-order valence-electron chi connectivity index (χ2n) is 5.06. The first-order valence-corrected chi connectivity index (χ1v) is 6.89. The largest absolute Gasteiger partial charge is 0.479 e. The molecule has 1 unspecified atom stereocenters. The van der Waals surface area contributed by atoms with Gasteiger partial charge in [-0.2, -0.15) is 0 Å². The molecule has 1 aliphatic rings. The lowest BCUT2D eigenvalue weighted by Gasteiger charge is -2.35. The van der Waals surface area contributed by atoms with Gasteiger partial charge in [0, 0.05) is 18.3 Å². The zero-order valence-corrected chi connectivity index (χ0v) is 11.8. The molecule has 5 nitrogen and oxygen atoms in total. The molecule has 0 bridgehead atoms. The number of carboxylic acids is 1. The maximum Gasteiger partial charge on any atom is 0.329 e. The van der Waals surface area contributed by atoms with Crippen LogP contribution >= 0.6 is 0 Å². The van der Waals surface area contributed by atoms with Crippen molar-refractivity contribution in [3.63, 3.8) is 0 Å². The summed E-state index contributed by atoms with van der Waals surface area (Å²) in [6.07, 6.45) is 3.00. The van der Waals surface area contributed by atoms with Gasteiger partial charge in [-0.1, -0.05) is 13.8 Å². The molecule has 1 aromatic rings. The van der Waals surface area contributed by atoms with E-state index in [4.69, 9.17) is 0 Å². The fraction of sp³-hybridized carbons (Fsp3) is 0.643. The Morgan fingerprint density at radius 2 is 2.21 bits per heavy atom. The lowest BCUT2D eigenvalue weighted by molar-refractivity contribution is -0.143. The Morgan fingerprint density at radius 3 is 2.79 bits per heavy atom. The second kappa shape index (κ2) is 5.15. The topological polar surface area (TPSA) is 66.3 Å². The maximum atomic E-state index is 11.7. The van der Waals surface area contributed by atoms with Gasteiger partial charge in [-0.25, -0.2) is 14.8 Å². The first kappa shape index (κ1) is 13.8. The van der Waals surface area contributed by atoms with Crippen LogP contribution in [0, 0.1) is 6.92 Å². The number of anilines is 1. The SMILES string of the molecule is CCc1cc(N2CCCC2(CC)C(=O)O)nc(C)n1. The third-order valence-electron chi connectivity index (χ3n) is 3.99. The number of aliphatic carboxylic acids is 1. The van der Waals surface area contributed by atoms with Crippen LogP contribution < -0.4 is 4.90 Å². The standard InChI is InChI=1S/C14H21N3O2/c1-4-11-9-12(16-10(3)15-11)17-8-6-7-14(17,5-2)13(18)19/h9H,4-8H2,1-3H3,(H,18,19). The van der Waals surface area contributed by atoms with Crippen molar-refractivity contribution in [1.82, 2.24) is 9.97 Å². The number of carbonyl (C=O) groups is 1. The number of aryl methyl sites for hydroxylation is 2. The van der Waals surface area contributed by atoms with Crippen LogP contribution in [0.15, 0.2) is 6.07 Å². The van der Waals surface area contributed by atoms with E-state index < -0.39 is 11.5 Å². The molecule has 1 aromatic heterocycles. The van der Waals surface area contributed by atoms with Gasteiger partial charge in [0.1, 0.15) is 17.2 Å². The van der Waals surface area contributed by atoms with Crippen LogP contribution in [0.1, 0.15) is 44.6 Å². The number of aromatic nitrogens is 2. The highest BCUT2D eigenvalue weighted by molar-refractivity contribution is 5.84. The molecule has 0 saturated carbocycles. The third-order valence-corrected chi connectivity index (χ3v) is 3.99. The molecule has 104 valence electrons. The van der Waals surface area contributed by atoms with Gasteiger partial charge in [-0.3, -0.25) is 0 Å². The molecule has 1 aliphatic heterocycles. The minimum absolute atomic E-state index is 0.590. The van der Waals surface area contributed by atoms with E-state index in [1.165, 1.54) is 0 Å². The summed E-state index contributed by atoms with van der Waals surface area (Å²) in [6.45, 7) is 6.58. The third kappa shape index (κ3) is 2.29. The van der Waals surface area contributed by atoms with Gasteiger partial charge in [-0.05, 0) is 32.6 Å². The van der Waals surface area contributed by atoms with E-state index in [2.05, 4.69) is 9.97 Å². The van der Waals surface area contributed by atoms with Crippen LogP contribution in [0.3, 0.4) is 0 Å². The minimum Gasteiger partial charge on any atom is -0.479 e. The second-order valence-corrected chi connectivity index (χ2v) is 5.06. The van der Waals surface area contributed by atoms with Crippen molar-refractivity contribution in [1.29, 1.82) is 0 Å². The molecule has 0 spiro atoms. The summed E-state index contributed by atoms with van der Waals surface area (Å²) in [5.74, 6) is 0.713. The lowest BCUT2D eigenvalue weighted by Crippen LogP contribution is -2.50. The quantitative estimate of drug-likeness (QED) is 0.902. The van der Waals surface area contributed by atoms with E-state index in [1.54, 1.807) is 0 Å². The van der Waals surface area contributed by atoms with E-state index in [9.17, 15) is 9.90 Å². The van der Waals surface area contributed by atoms with Crippen LogP contribution in [0.5, 0.6) is 0 Å². The smallest absolute Gasteiger partial charge is 0.329 e. The molecule has 0 aromatic carbocycles. The molecule has 1 saturated heterocycles. The Bertz CT molecular complexity index is 490. The van der Waals surface area contributed by atoms with Gasteiger partial charge in [0.25, 0.3) is 0 Å². The predicted molar refractivity (Wildman–Crippen MR) is 73.4 cm³/mol. The Hall–Kier alpha value is -1.65. The van der Waals surface area contributed by atoms with Crippen LogP contribution in [-0.4, -0.2) is 33.1 Å². The van der Waals surface area contributed by atoms with Gasteiger partial charge in [0.2, 0.25) is 0 Å². The fourth-order valence-corrected chi connectivity index (χ4v) is 2.89. The number of hydrogen-bond acceptors (Lipinski definition) is 4. The monoisotopic (exact) mass is 263 g/mol. The van der Waals surface area contributed by atoms with Crippen molar-refractivity contribution in [2.45, 2.75) is 52.0 Å². The molecular formula is C14H21N3O2. The summed E-state index contributed by atoms with van der Waals surface area (Å²) in [7, 11) is 0. The van der Waals surface area contributed by atoms with E-state index in [-0.39, 0.29) is 0 Å². The Kier molecular flexibility index (Phi) is 3.73. The molecule has 2 heterocycles. The summed E-state index contributed by atoms with van der Waals surface area (Å²) in [5, 5.41) is 9.61. The van der Waals surface area contributed by atoms with Crippen LogP contribution in [0.4, 0.5) is 5.82 Å². The molecule has 1 fully saturated rings. The molecule has 5 heteroatoms. The van der Waals surface area contributed by atoms with Crippen molar-refractivity contribution in [2.24, 2.45) is 0 Å². The number of rotatable bonds is 4. The summed E-state index contributed by atoms with van der Waals surface area (Å²) in [4.78, 5) is 22.4. The number of hydrogen-bond donors (Lipinski definition) is 1. The molecule has 0 radical (unpaired) electrons. The Balaban J connectivity index is 2.45. The molecule has 1 N–H and O–H groups in total. The molecule has 2 rings (SSSR count). The van der Waals surface area contributed by atoms with E-state index >= 15 is 0 Å². The van der Waals surface area contributed by atoms with Crippen molar-refractivity contribution in [2.75, 3.05) is 11.4 Å². The van der Waals surface area contributed by atoms with Crippen molar-refractivity contribution < 1.29 is 9.90 Å². The summed E-state index contributed by atoms with van der Waals surface area (Å²) in [5.41, 5.74) is 0.163. The van der Waals surface area contributed by atoms with Crippen molar-refractivity contribution in [3.8, 4) is 0 Å². The Morgan fingerprint density at radius 1 is 1.47 bits per heavy atom. The molecule has 19 heavy (non-hydrogen) atoms. The first-order chi connectivity index (χ1) is 9.03. The summed E-state index contributed by atoms with van der Waals surface area (Å²) < 4.78 is 0. The number of carboxylic acid groups (broad SMARTS) is 1. The van der Waals surface area contributed by atoms with Gasteiger partial charge in [0.05, 0.1) is 0 Å². The van der Waals surface area contributed by atoms with Crippen molar-refractivity contribution in [3.05, 3.63) is 17.6 Å². The molecule has 1 atom stereocenters. The van der Waals surface area contributed by atoms with E-state index in [0.29, 0.717) is 18.7 Å². The van der Waals surface area contributed by atoms with Gasteiger partial charge in [0.15, 0.2) is 0 Å². The lowest BCUT2D eigenvalue weighted by atomic mass is 9.93. The average Bonchev–Trinajstić information content (AvgIpc) is 2.83. The fourth-order valence-electron chi connectivity index (χ4n) is 2.89. The normalized spacial score (nSPS) is 22.8. The molecule has 0 amide bonds. The molecule has 0 aliphatic carbocycles. The van der Waals surface area contributed by atoms with Gasteiger partial charge in [-0.15, -0.1) is 0 Å². The first-order valence-electron chi connectivity index (χ1n) is 6.89. The van der Waals surface area contributed by atoms with Crippen LogP contribution in [0.2, 0.25) is 0 Å².